The number of benzene rings is 3. The van der Waals surface area contributed by atoms with Gasteiger partial charge in [0.05, 0.1) is 46.1 Å². The average molecular weight is 502 g/mol. The summed E-state index contributed by atoms with van der Waals surface area (Å²) in [6, 6.07) is 23.7. The van der Waals surface area contributed by atoms with Crippen LogP contribution in [0.1, 0.15) is 16.7 Å². The van der Waals surface area contributed by atoms with Gasteiger partial charge in [0.1, 0.15) is 0 Å². The Kier molecular flexibility index (Phi) is 7.10. The number of anilines is 1. The maximum atomic E-state index is 12.4. The summed E-state index contributed by atoms with van der Waals surface area (Å²) in [5, 5.41) is 20.8. The molecule has 184 valence electrons. The standard InChI is InChI=1S/C27H27N5O3S/c1-31(2)15-16-32(36(3,34)35)22-12-10-21(11-13-22)29-26(20-7-5-4-6-8-20)25-23-14-9-19(18-28)17-24(23)30-27(25)33/h4-14,17,30,33H,15-16H2,1-3H3. The summed E-state index contributed by atoms with van der Waals surface area (Å²) in [4.78, 5) is 9.73. The number of aromatic hydroxyl groups is 1. The fraction of sp³-hybridized carbons (Fsp3) is 0.185. The third-order valence-electron chi connectivity index (χ3n) is 5.72. The van der Waals surface area contributed by atoms with Gasteiger partial charge in [-0.15, -0.1) is 0 Å². The Bertz CT molecular complexity index is 1550. The minimum atomic E-state index is -3.45. The van der Waals surface area contributed by atoms with E-state index < -0.39 is 10.0 Å². The van der Waals surface area contributed by atoms with Crippen molar-refractivity contribution < 1.29 is 13.5 Å². The number of rotatable bonds is 8. The van der Waals surface area contributed by atoms with Crippen LogP contribution in [0.3, 0.4) is 0 Å². The number of nitriles is 1. The number of hydrogen-bond donors (Lipinski definition) is 2. The minimum Gasteiger partial charge on any atom is -0.494 e. The number of likely N-dealkylation sites (N-methyl/N-ethyl adjacent to an activating group) is 1. The predicted octanol–water partition coefficient (Wildman–Crippen LogP) is 4.24. The summed E-state index contributed by atoms with van der Waals surface area (Å²) in [5.41, 5.74) is 4.13. The molecule has 8 nitrogen and oxygen atoms in total. The highest BCUT2D eigenvalue weighted by Gasteiger charge is 2.20. The molecule has 1 heterocycles. The normalized spacial score (nSPS) is 12.1. The molecule has 0 aliphatic carbocycles. The molecule has 0 aliphatic heterocycles. The van der Waals surface area contributed by atoms with E-state index in [4.69, 9.17) is 4.99 Å². The van der Waals surface area contributed by atoms with Crippen LogP contribution in [-0.2, 0) is 10.0 Å². The lowest BCUT2D eigenvalue weighted by atomic mass is 10.00. The third kappa shape index (κ3) is 5.40. The number of aromatic nitrogens is 1. The maximum Gasteiger partial charge on any atom is 0.232 e. The van der Waals surface area contributed by atoms with Crippen LogP contribution in [0.5, 0.6) is 5.88 Å². The molecule has 36 heavy (non-hydrogen) atoms. The quantitative estimate of drug-likeness (QED) is 0.351. The van der Waals surface area contributed by atoms with Crippen molar-refractivity contribution in [2.75, 3.05) is 37.7 Å². The van der Waals surface area contributed by atoms with E-state index in [1.54, 1.807) is 42.5 Å². The first-order chi connectivity index (χ1) is 17.2. The van der Waals surface area contributed by atoms with E-state index in [1.807, 2.05) is 49.3 Å². The number of nitrogens with zero attached hydrogens (tertiary/aromatic N) is 4. The Morgan fingerprint density at radius 2 is 1.72 bits per heavy atom. The first-order valence-corrected chi connectivity index (χ1v) is 13.1. The third-order valence-corrected chi connectivity index (χ3v) is 6.92. The molecule has 0 aliphatic rings. The molecule has 1 aromatic heterocycles. The molecular formula is C27H27N5O3S. The number of hydrogen-bond acceptors (Lipinski definition) is 6. The highest BCUT2D eigenvalue weighted by Crippen LogP contribution is 2.32. The van der Waals surface area contributed by atoms with Crippen LogP contribution in [0.25, 0.3) is 10.9 Å². The monoisotopic (exact) mass is 501 g/mol. The van der Waals surface area contributed by atoms with E-state index >= 15 is 0 Å². The van der Waals surface area contributed by atoms with Gasteiger partial charge in [0.15, 0.2) is 5.88 Å². The Balaban J connectivity index is 1.80. The Hall–Kier alpha value is -4.13. The molecule has 0 amide bonds. The highest BCUT2D eigenvalue weighted by molar-refractivity contribution is 7.92. The maximum absolute atomic E-state index is 12.4. The van der Waals surface area contributed by atoms with Gasteiger partial charge in [-0.25, -0.2) is 13.4 Å². The highest BCUT2D eigenvalue weighted by atomic mass is 32.2. The smallest absolute Gasteiger partial charge is 0.232 e. The molecule has 4 rings (SSSR count). The summed E-state index contributed by atoms with van der Waals surface area (Å²) in [6.45, 7) is 0.913. The number of H-pyrrole nitrogens is 1. The largest absolute Gasteiger partial charge is 0.494 e. The van der Waals surface area contributed by atoms with Crippen LogP contribution in [0.15, 0.2) is 77.8 Å². The van der Waals surface area contributed by atoms with Crippen molar-refractivity contribution in [3.8, 4) is 11.9 Å². The molecule has 0 saturated heterocycles. The molecule has 0 saturated carbocycles. The summed E-state index contributed by atoms with van der Waals surface area (Å²) >= 11 is 0. The second-order valence-corrected chi connectivity index (χ2v) is 10.6. The van der Waals surface area contributed by atoms with Gasteiger partial charge >= 0.3 is 0 Å². The molecule has 0 radical (unpaired) electrons. The Morgan fingerprint density at radius 3 is 2.33 bits per heavy atom. The van der Waals surface area contributed by atoms with Gasteiger partial charge in [0.25, 0.3) is 0 Å². The molecular weight excluding hydrogens is 474 g/mol. The van der Waals surface area contributed by atoms with Crippen molar-refractivity contribution in [1.82, 2.24) is 9.88 Å². The number of fused-ring (bicyclic) bond motifs is 1. The van der Waals surface area contributed by atoms with Crippen molar-refractivity contribution in [3.05, 3.63) is 89.5 Å². The predicted molar refractivity (Wildman–Crippen MR) is 144 cm³/mol. The van der Waals surface area contributed by atoms with Crippen molar-refractivity contribution in [3.63, 3.8) is 0 Å². The van der Waals surface area contributed by atoms with E-state index in [9.17, 15) is 18.8 Å². The van der Waals surface area contributed by atoms with Crippen molar-refractivity contribution in [1.29, 1.82) is 5.26 Å². The molecule has 9 heteroatoms. The molecule has 2 N–H and O–H groups in total. The van der Waals surface area contributed by atoms with Gasteiger partial charge in [-0.3, -0.25) is 4.31 Å². The molecule has 0 fully saturated rings. The van der Waals surface area contributed by atoms with E-state index in [0.717, 1.165) is 10.9 Å². The zero-order valence-corrected chi connectivity index (χ0v) is 21.1. The second kappa shape index (κ2) is 10.2. The first kappa shape index (κ1) is 25.0. The van der Waals surface area contributed by atoms with Crippen LogP contribution in [0.2, 0.25) is 0 Å². The van der Waals surface area contributed by atoms with Gasteiger partial charge in [-0.2, -0.15) is 5.26 Å². The van der Waals surface area contributed by atoms with E-state index in [2.05, 4.69) is 11.1 Å². The van der Waals surface area contributed by atoms with Crippen LogP contribution < -0.4 is 4.31 Å². The lowest BCUT2D eigenvalue weighted by molar-refractivity contribution is 0.419. The fourth-order valence-electron chi connectivity index (χ4n) is 3.95. The first-order valence-electron chi connectivity index (χ1n) is 11.3. The van der Waals surface area contributed by atoms with Gasteiger partial charge in [0, 0.05) is 24.0 Å². The topological polar surface area (TPSA) is 113 Å². The number of aromatic amines is 1. The van der Waals surface area contributed by atoms with Gasteiger partial charge < -0.3 is 15.0 Å². The SMILES string of the molecule is CN(C)CCN(c1ccc(N=C(c2ccccc2)c2c(O)[nH]c3cc(C#N)ccc23)cc1)S(C)(=O)=O. The molecule has 0 atom stereocenters. The summed E-state index contributed by atoms with van der Waals surface area (Å²) in [6.07, 6.45) is 1.19. The average Bonchev–Trinajstić information content (AvgIpc) is 3.17. The number of nitrogens with one attached hydrogen (secondary N) is 1. The van der Waals surface area contributed by atoms with E-state index in [1.165, 1.54) is 10.6 Å². The Morgan fingerprint density at radius 1 is 1.03 bits per heavy atom. The van der Waals surface area contributed by atoms with Crippen LogP contribution >= 0.6 is 0 Å². The van der Waals surface area contributed by atoms with Crippen LogP contribution in [0, 0.1) is 11.3 Å². The van der Waals surface area contributed by atoms with Crippen LogP contribution in [-0.4, -0.2) is 62.6 Å². The summed E-state index contributed by atoms with van der Waals surface area (Å²) < 4.78 is 26.1. The van der Waals surface area contributed by atoms with Gasteiger partial charge in [0.2, 0.25) is 10.0 Å². The van der Waals surface area contributed by atoms with Crippen LogP contribution in [0.4, 0.5) is 11.4 Å². The molecule has 0 spiro atoms. The number of aliphatic imine (C=N–C) groups is 1. The molecule has 0 bridgehead atoms. The van der Waals surface area contributed by atoms with Crippen molar-refractivity contribution >= 4 is 38.0 Å². The van der Waals surface area contributed by atoms with Gasteiger partial charge in [-0.05, 0) is 50.5 Å². The molecule has 4 aromatic rings. The molecule has 3 aromatic carbocycles. The Labute approximate surface area is 210 Å². The second-order valence-electron chi connectivity index (χ2n) is 8.70. The fourth-order valence-corrected chi connectivity index (χ4v) is 4.87. The zero-order valence-electron chi connectivity index (χ0n) is 20.3. The summed E-state index contributed by atoms with van der Waals surface area (Å²) in [5.74, 6) is -0.0498. The lowest BCUT2D eigenvalue weighted by Gasteiger charge is -2.24. The number of sulfonamides is 1. The van der Waals surface area contributed by atoms with Crippen molar-refractivity contribution in [2.24, 2.45) is 4.99 Å². The van der Waals surface area contributed by atoms with E-state index in [0.29, 0.717) is 46.8 Å². The lowest BCUT2D eigenvalue weighted by Crippen LogP contribution is -2.35. The van der Waals surface area contributed by atoms with E-state index in [-0.39, 0.29) is 5.88 Å². The zero-order chi connectivity index (χ0) is 25.9. The van der Waals surface area contributed by atoms with Crippen molar-refractivity contribution in [2.45, 2.75) is 0 Å². The summed E-state index contributed by atoms with van der Waals surface area (Å²) in [7, 11) is 0.334. The van der Waals surface area contributed by atoms with Gasteiger partial charge in [-0.1, -0.05) is 36.4 Å². The molecule has 0 unspecified atom stereocenters. The minimum absolute atomic E-state index is 0.0498.